The van der Waals surface area contributed by atoms with Crippen molar-refractivity contribution < 1.29 is 20.1 Å². The molecule has 0 saturated carbocycles. The number of carbonyl (C=O) groups is 1. The molecule has 84 valence electrons. The van der Waals surface area contributed by atoms with Crippen LogP contribution < -0.4 is 0 Å². The standard InChI is InChI=1S/C10H10N2O4/c13-4-2-8-11-9(10(15)16)7-5-6(14)1-3-12(7)8/h1,3,5,13-14H,2,4H2,(H,15,16). The summed E-state index contributed by atoms with van der Waals surface area (Å²) in [6.07, 6.45) is 1.79. The minimum Gasteiger partial charge on any atom is -0.508 e. The van der Waals surface area contributed by atoms with Crippen LogP contribution in [0.3, 0.4) is 0 Å². The number of fused-ring (bicyclic) bond motifs is 1. The number of aliphatic hydroxyl groups is 1. The Morgan fingerprint density at radius 1 is 1.50 bits per heavy atom. The molecule has 6 nitrogen and oxygen atoms in total. The number of carboxylic acid groups (broad SMARTS) is 1. The van der Waals surface area contributed by atoms with E-state index >= 15 is 0 Å². The van der Waals surface area contributed by atoms with Gasteiger partial charge in [-0.2, -0.15) is 0 Å². The van der Waals surface area contributed by atoms with Crippen molar-refractivity contribution in [3.63, 3.8) is 0 Å². The number of aliphatic hydroxyl groups excluding tert-OH is 1. The van der Waals surface area contributed by atoms with Crippen LogP contribution in [0.15, 0.2) is 18.3 Å². The molecule has 0 spiro atoms. The molecular weight excluding hydrogens is 212 g/mol. The van der Waals surface area contributed by atoms with Crippen molar-refractivity contribution in [2.75, 3.05) is 6.61 Å². The highest BCUT2D eigenvalue weighted by molar-refractivity contribution is 5.94. The molecule has 0 atom stereocenters. The molecule has 6 heteroatoms. The molecule has 2 aromatic heterocycles. The number of hydrogen-bond donors (Lipinski definition) is 3. The summed E-state index contributed by atoms with van der Waals surface area (Å²) in [5.41, 5.74) is 0.190. The van der Waals surface area contributed by atoms with Crippen molar-refractivity contribution in [3.05, 3.63) is 29.8 Å². The molecule has 3 N–H and O–H groups in total. The van der Waals surface area contributed by atoms with Gasteiger partial charge in [0.15, 0.2) is 5.69 Å². The lowest BCUT2D eigenvalue weighted by Crippen LogP contribution is -1.98. The monoisotopic (exact) mass is 222 g/mol. The van der Waals surface area contributed by atoms with E-state index in [4.69, 9.17) is 10.2 Å². The second-order valence-corrected chi connectivity index (χ2v) is 3.30. The van der Waals surface area contributed by atoms with Gasteiger partial charge in [-0.15, -0.1) is 0 Å². The van der Waals surface area contributed by atoms with Crippen LogP contribution in [0.1, 0.15) is 16.3 Å². The molecule has 2 heterocycles. The number of aromatic hydroxyl groups is 1. The van der Waals surface area contributed by atoms with Crippen LogP contribution in [0, 0.1) is 0 Å². The zero-order chi connectivity index (χ0) is 11.7. The Kier molecular flexibility index (Phi) is 2.49. The third-order valence-corrected chi connectivity index (χ3v) is 2.24. The Morgan fingerprint density at radius 2 is 2.25 bits per heavy atom. The van der Waals surface area contributed by atoms with Crippen molar-refractivity contribution in [3.8, 4) is 5.75 Å². The summed E-state index contributed by atoms with van der Waals surface area (Å²) in [5.74, 6) is -0.729. The van der Waals surface area contributed by atoms with Crippen molar-refractivity contribution >= 4 is 11.5 Å². The number of aromatic nitrogens is 2. The van der Waals surface area contributed by atoms with Gasteiger partial charge in [-0.05, 0) is 6.07 Å². The smallest absolute Gasteiger partial charge is 0.356 e. The van der Waals surface area contributed by atoms with Crippen LogP contribution in [-0.4, -0.2) is 37.3 Å². The zero-order valence-electron chi connectivity index (χ0n) is 8.29. The van der Waals surface area contributed by atoms with Gasteiger partial charge in [-0.1, -0.05) is 0 Å². The zero-order valence-corrected chi connectivity index (χ0v) is 8.29. The summed E-state index contributed by atoms with van der Waals surface area (Å²) < 4.78 is 1.54. The predicted molar refractivity (Wildman–Crippen MR) is 54.6 cm³/mol. The Hall–Kier alpha value is -2.08. The maximum absolute atomic E-state index is 10.9. The molecule has 0 aliphatic heterocycles. The molecular formula is C10H10N2O4. The number of nitrogens with zero attached hydrogens (tertiary/aromatic N) is 2. The van der Waals surface area contributed by atoms with Crippen molar-refractivity contribution in [1.82, 2.24) is 9.38 Å². The Labute approximate surface area is 90.4 Å². The Morgan fingerprint density at radius 3 is 2.88 bits per heavy atom. The van der Waals surface area contributed by atoms with E-state index in [1.165, 1.54) is 18.3 Å². The molecule has 0 aromatic carbocycles. The lowest BCUT2D eigenvalue weighted by Gasteiger charge is -1.99. The molecule has 0 saturated heterocycles. The maximum atomic E-state index is 10.9. The van der Waals surface area contributed by atoms with Crippen molar-refractivity contribution in [2.24, 2.45) is 0 Å². The molecule has 0 bridgehead atoms. The maximum Gasteiger partial charge on any atom is 0.356 e. The normalized spacial score (nSPS) is 10.8. The van der Waals surface area contributed by atoms with Crippen molar-refractivity contribution in [2.45, 2.75) is 6.42 Å². The van der Waals surface area contributed by atoms with E-state index < -0.39 is 5.97 Å². The number of imidazole rings is 1. The fourth-order valence-corrected chi connectivity index (χ4v) is 1.57. The highest BCUT2D eigenvalue weighted by atomic mass is 16.4. The predicted octanol–water partition coefficient (Wildman–Crippen LogP) is 0.273. The SMILES string of the molecule is O=C(O)c1nc(CCO)n2ccc(O)cc12. The quantitative estimate of drug-likeness (QED) is 0.693. The van der Waals surface area contributed by atoms with E-state index in [-0.39, 0.29) is 24.5 Å². The summed E-state index contributed by atoms with van der Waals surface area (Å²) >= 11 is 0. The molecule has 0 amide bonds. The summed E-state index contributed by atoms with van der Waals surface area (Å²) in [4.78, 5) is 14.8. The second kappa shape index (κ2) is 3.82. The van der Waals surface area contributed by atoms with E-state index in [0.717, 1.165) is 0 Å². The van der Waals surface area contributed by atoms with Crippen molar-refractivity contribution in [1.29, 1.82) is 0 Å². The lowest BCUT2D eigenvalue weighted by molar-refractivity contribution is 0.0693. The van der Waals surface area contributed by atoms with Crippen LogP contribution >= 0.6 is 0 Å². The third kappa shape index (κ3) is 1.59. The average Bonchev–Trinajstić information content (AvgIpc) is 2.57. The summed E-state index contributed by atoms with van der Waals surface area (Å²) in [5, 5.41) is 27.1. The lowest BCUT2D eigenvalue weighted by atomic mass is 10.3. The molecule has 0 aliphatic rings. The first kappa shape index (κ1) is 10.4. The van der Waals surface area contributed by atoms with Gasteiger partial charge in [0, 0.05) is 18.7 Å². The minimum absolute atomic E-state index is 0.0227. The molecule has 0 radical (unpaired) electrons. The van der Waals surface area contributed by atoms with Gasteiger partial charge in [0.1, 0.15) is 11.6 Å². The number of pyridine rings is 1. The topological polar surface area (TPSA) is 95.1 Å². The number of rotatable bonds is 3. The molecule has 0 unspecified atom stereocenters. The van der Waals surface area contributed by atoms with E-state index in [2.05, 4.69) is 4.98 Å². The first-order valence-corrected chi connectivity index (χ1v) is 4.67. The largest absolute Gasteiger partial charge is 0.508 e. The Balaban J connectivity index is 2.71. The third-order valence-electron chi connectivity index (χ3n) is 2.24. The van der Waals surface area contributed by atoms with E-state index in [1.807, 2.05) is 0 Å². The molecule has 16 heavy (non-hydrogen) atoms. The summed E-state index contributed by atoms with van der Waals surface area (Å²) in [6, 6.07) is 2.76. The highest BCUT2D eigenvalue weighted by Gasteiger charge is 2.16. The summed E-state index contributed by atoms with van der Waals surface area (Å²) in [7, 11) is 0. The van der Waals surface area contributed by atoms with Gasteiger partial charge in [0.05, 0.1) is 12.1 Å². The molecule has 0 aliphatic carbocycles. The van der Waals surface area contributed by atoms with Crippen LogP contribution in [0.2, 0.25) is 0 Å². The van der Waals surface area contributed by atoms with E-state index in [1.54, 1.807) is 4.40 Å². The van der Waals surface area contributed by atoms with Crippen LogP contribution in [-0.2, 0) is 6.42 Å². The minimum atomic E-state index is -1.16. The van der Waals surface area contributed by atoms with E-state index in [0.29, 0.717) is 11.3 Å². The molecule has 0 fully saturated rings. The number of hydrogen-bond acceptors (Lipinski definition) is 4. The van der Waals surface area contributed by atoms with Gasteiger partial charge in [-0.25, -0.2) is 9.78 Å². The summed E-state index contributed by atoms with van der Waals surface area (Å²) in [6.45, 7) is -0.112. The first-order chi connectivity index (χ1) is 7.63. The number of aromatic carboxylic acids is 1. The number of carboxylic acids is 1. The van der Waals surface area contributed by atoms with Crippen LogP contribution in [0.4, 0.5) is 0 Å². The van der Waals surface area contributed by atoms with Gasteiger partial charge >= 0.3 is 5.97 Å². The Bertz CT molecular complexity index is 547. The molecule has 2 aromatic rings. The van der Waals surface area contributed by atoms with Gasteiger partial charge < -0.3 is 19.7 Å². The first-order valence-electron chi connectivity index (χ1n) is 4.67. The van der Waals surface area contributed by atoms with Gasteiger partial charge in [0.2, 0.25) is 0 Å². The highest BCUT2D eigenvalue weighted by Crippen LogP contribution is 2.18. The fourth-order valence-electron chi connectivity index (χ4n) is 1.57. The van der Waals surface area contributed by atoms with Gasteiger partial charge in [-0.3, -0.25) is 0 Å². The van der Waals surface area contributed by atoms with E-state index in [9.17, 15) is 9.90 Å². The van der Waals surface area contributed by atoms with Crippen LogP contribution in [0.25, 0.3) is 5.52 Å². The average molecular weight is 222 g/mol. The fraction of sp³-hybridized carbons (Fsp3) is 0.200. The molecule has 2 rings (SSSR count). The van der Waals surface area contributed by atoms with Gasteiger partial charge in [0.25, 0.3) is 0 Å². The van der Waals surface area contributed by atoms with Crippen LogP contribution in [0.5, 0.6) is 5.75 Å². The second-order valence-electron chi connectivity index (χ2n) is 3.30.